The van der Waals surface area contributed by atoms with E-state index in [2.05, 4.69) is 10.3 Å². The van der Waals surface area contributed by atoms with E-state index in [1.807, 2.05) is 11.6 Å². The molecule has 0 aliphatic carbocycles. The van der Waals surface area contributed by atoms with Crippen LogP contribution in [0.25, 0.3) is 0 Å². The molecule has 1 aliphatic heterocycles. The summed E-state index contributed by atoms with van der Waals surface area (Å²) < 4.78 is 6.59. The molecule has 2 rings (SSSR count). The number of nitrogens with one attached hydrogen (secondary N) is 1. The van der Waals surface area contributed by atoms with Crippen molar-refractivity contribution in [3.8, 4) is 0 Å². The van der Waals surface area contributed by atoms with E-state index in [9.17, 15) is 4.79 Å². The predicted octanol–water partition coefficient (Wildman–Crippen LogP) is -0.220. The second-order valence-electron chi connectivity index (χ2n) is 3.35. The fraction of sp³-hybridized carbons (Fsp3) is 0.556. The minimum absolute atomic E-state index is 0.255. The molecular weight excluding hydrogens is 182 g/mol. The van der Waals surface area contributed by atoms with Gasteiger partial charge in [0.1, 0.15) is 6.04 Å². The summed E-state index contributed by atoms with van der Waals surface area (Å²) in [7, 11) is 3.28. The predicted molar refractivity (Wildman–Crippen MR) is 49.7 cm³/mol. The number of imidazole rings is 1. The summed E-state index contributed by atoms with van der Waals surface area (Å²) in [4.78, 5) is 15.7. The van der Waals surface area contributed by atoms with E-state index < -0.39 is 0 Å². The third kappa shape index (κ3) is 1.29. The van der Waals surface area contributed by atoms with Crippen molar-refractivity contribution < 1.29 is 9.53 Å². The van der Waals surface area contributed by atoms with Crippen molar-refractivity contribution in [3.05, 3.63) is 17.7 Å². The van der Waals surface area contributed by atoms with Gasteiger partial charge in [0, 0.05) is 20.0 Å². The maximum atomic E-state index is 11.5. The molecule has 0 amide bonds. The zero-order valence-electron chi connectivity index (χ0n) is 8.28. The molecule has 76 valence electrons. The van der Waals surface area contributed by atoms with Crippen molar-refractivity contribution in [3.63, 3.8) is 0 Å². The number of ether oxygens (including phenoxy) is 1. The molecule has 0 aromatic carbocycles. The quantitative estimate of drug-likeness (QED) is 0.629. The van der Waals surface area contributed by atoms with Gasteiger partial charge in [-0.3, -0.25) is 5.32 Å². The van der Waals surface area contributed by atoms with Crippen molar-refractivity contribution in [1.82, 2.24) is 14.9 Å². The Balaban J connectivity index is 2.38. The highest BCUT2D eigenvalue weighted by Crippen LogP contribution is 2.21. The summed E-state index contributed by atoms with van der Waals surface area (Å²) in [5, 5.41) is 3.12. The summed E-state index contributed by atoms with van der Waals surface area (Å²) in [6, 6.07) is -0.365. The highest BCUT2D eigenvalue weighted by Gasteiger charge is 2.30. The van der Waals surface area contributed by atoms with Gasteiger partial charge < -0.3 is 9.30 Å². The second-order valence-corrected chi connectivity index (χ2v) is 3.35. The topological polar surface area (TPSA) is 56.1 Å². The molecule has 1 N–H and O–H groups in total. The van der Waals surface area contributed by atoms with Gasteiger partial charge in [0.05, 0.1) is 24.8 Å². The number of esters is 1. The van der Waals surface area contributed by atoms with E-state index in [0.29, 0.717) is 0 Å². The van der Waals surface area contributed by atoms with Crippen molar-refractivity contribution >= 4 is 5.97 Å². The van der Waals surface area contributed by atoms with Crippen LogP contribution in [0.3, 0.4) is 0 Å². The zero-order chi connectivity index (χ0) is 10.1. The number of aryl methyl sites for hydroxylation is 1. The van der Waals surface area contributed by atoms with Gasteiger partial charge in [-0.2, -0.15) is 0 Å². The van der Waals surface area contributed by atoms with E-state index >= 15 is 0 Å². The molecule has 2 heterocycles. The number of carbonyl (C=O) groups is 1. The summed E-state index contributed by atoms with van der Waals surface area (Å²) in [5.74, 6) is -0.255. The minimum atomic E-state index is -0.365. The molecule has 5 heteroatoms. The van der Waals surface area contributed by atoms with E-state index in [1.54, 1.807) is 6.33 Å². The largest absolute Gasteiger partial charge is 0.468 e. The van der Waals surface area contributed by atoms with Gasteiger partial charge in [-0.1, -0.05) is 0 Å². The first kappa shape index (κ1) is 9.21. The zero-order valence-corrected chi connectivity index (χ0v) is 8.28. The lowest BCUT2D eigenvalue weighted by molar-refractivity contribution is -0.143. The average Bonchev–Trinajstić information content (AvgIpc) is 2.59. The molecule has 0 fully saturated rings. The smallest absolute Gasteiger partial charge is 0.329 e. The fourth-order valence-corrected chi connectivity index (χ4v) is 1.80. The van der Waals surface area contributed by atoms with Gasteiger partial charge in [0.15, 0.2) is 0 Å². The summed E-state index contributed by atoms with van der Waals surface area (Å²) in [6.45, 7) is 0.768. The molecule has 14 heavy (non-hydrogen) atoms. The molecular formula is C9H13N3O2. The minimum Gasteiger partial charge on any atom is -0.468 e. The van der Waals surface area contributed by atoms with Gasteiger partial charge in [0.2, 0.25) is 0 Å². The maximum absolute atomic E-state index is 11.5. The van der Waals surface area contributed by atoms with Crippen molar-refractivity contribution in [2.24, 2.45) is 7.05 Å². The van der Waals surface area contributed by atoms with Crippen LogP contribution in [-0.2, 0) is 23.0 Å². The molecule has 0 bridgehead atoms. The summed E-state index contributed by atoms with van der Waals surface area (Å²) >= 11 is 0. The average molecular weight is 195 g/mol. The highest BCUT2D eigenvalue weighted by atomic mass is 16.5. The molecule has 1 aromatic rings. The third-order valence-electron chi connectivity index (χ3n) is 2.48. The standard InChI is InChI=1S/C9H13N3O2/c1-12-5-11-6-3-4-10-7(8(6)12)9(13)14-2/h5,7,10H,3-4H2,1-2H3. The molecule has 0 saturated heterocycles. The number of nitrogens with zero attached hydrogens (tertiary/aromatic N) is 2. The van der Waals surface area contributed by atoms with E-state index in [4.69, 9.17) is 4.74 Å². The van der Waals surface area contributed by atoms with E-state index in [1.165, 1.54) is 7.11 Å². The number of rotatable bonds is 1. The van der Waals surface area contributed by atoms with Crippen LogP contribution < -0.4 is 5.32 Å². The second kappa shape index (κ2) is 3.42. The van der Waals surface area contributed by atoms with Crippen LogP contribution in [0.1, 0.15) is 17.4 Å². The number of hydrogen-bond acceptors (Lipinski definition) is 4. The molecule has 5 nitrogen and oxygen atoms in total. The van der Waals surface area contributed by atoms with Crippen molar-refractivity contribution in [2.45, 2.75) is 12.5 Å². The fourth-order valence-electron chi connectivity index (χ4n) is 1.80. The van der Waals surface area contributed by atoms with E-state index in [0.717, 1.165) is 24.4 Å². The SMILES string of the molecule is COC(=O)C1NCCc2ncn(C)c21. The normalized spacial score (nSPS) is 20.3. The number of fused-ring (bicyclic) bond motifs is 1. The summed E-state index contributed by atoms with van der Waals surface area (Å²) in [6.07, 6.45) is 2.59. The molecule has 1 aromatic heterocycles. The molecule has 0 spiro atoms. The molecule has 1 unspecified atom stereocenters. The van der Waals surface area contributed by atoms with Crippen LogP contribution in [0.2, 0.25) is 0 Å². The van der Waals surface area contributed by atoms with Gasteiger partial charge in [-0.15, -0.1) is 0 Å². The van der Waals surface area contributed by atoms with Gasteiger partial charge >= 0.3 is 5.97 Å². The Bertz CT molecular complexity index is 359. The highest BCUT2D eigenvalue weighted by molar-refractivity contribution is 5.77. The van der Waals surface area contributed by atoms with Crippen LogP contribution >= 0.6 is 0 Å². The number of hydrogen-bond donors (Lipinski definition) is 1. The van der Waals surface area contributed by atoms with Crippen LogP contribution in [-0.4, -0.2) is 29.2 Å². The van der Waals surface area contributed by atoms with Crippen LogP contribution in [0, 0.1) is 0 Å². The van der Waals surface area contributed by atoms with Crippen LogP contribution in [0.15, 0.2) is 6.33 Å². The first-order valence-corrected chi connectivity index (χ1v) is 4.55. The molecule has 1 aliphatic rings. The van der Waals surface area contributed by atoms with E-state index in [-0.39, 0.29) is 12.0 Å². The monoisotopic (exact) mass is 195 g/mol. The van der Waals surface area contributed by atoms with Gasteiger partial charge in [-0.25, -0.2) is 9.78 Å². The lowest BCUT2D eigenvalue weighted by Crippen LogP contribution is -2.36. The Labute approximate surface area is 82.1 Å². The van der Waals surface area contributed by atoms with Crippen LogP contribution in [0.5, 0.6) is 0 Å². The summed E-state index contributed by atoms with van der Waals surface area (Å²) in [5.41, 5.74) is 1.91. The van der Waals surface area contributed by atoms with Gasteiger partial charge in [-0.05, 0) is 0 Å². The first-order chi connectivity index (χ1) is 6.74. The molecule has 0 radical (unpaired) electrons. The number of aromatic nitrogens is 2. The number of methoxy groups -OCH3 is 1. The van der Waals surface area contributed by atoms with Crippen molar-refractivity contribution in [1.29, 1.82) is 0 Å². The molecule has 1 atom stereocenters. The lowest BCUT2D eigenvalue weighted by atomic mass is 10.1. The third-order valence-corrected chi connectivity index (χ3v) is 2.48. The first-order valence-electron chi connectivity index (χ1n) is 4.55. The Morgan fingerprint density at radius 3 is 3.29 bits per heavy atom. The Morgan fingerprint density at radius 2 is 2.57 bits per heavy atom. The lowest BCUT2D eigenvalue weighted by Gasteiger charge is -2.22. The number of carbonyl (C=O) groups excluding carboxylic acids is 1. The molecule has 0 saturated carbocycles. The Morgan fingerprint density at radius 1 is 1.79 bits per heavy atom. The van der Waals surface area contributed by atoms with Gasteiger partial charge in [0.25, 0.3) is 0 Å². The maximum Gasteiger partial charge on any atom is 0.329 e. The Kier molecular flexibility index (Phi) is 2.25. The Hall–Kier alpha value is -1.36. The van der Waals surface area contributed by atoms with Crippen LogP contribution in [0.4, 0.5) is 0 Å². The van der Waals surface area contributed by atoms with Crippen molar-refractivity contribution in [2.75, 3.05) is 13.7 Å².